The first-order chi connectivity index (χ1) is 18.7. The van der Waals surface area contributed by atoms with Crippen LogP contribution in [0.2, 0.25) is 0 Å². The average Bonchev–Trinajstić information content (AvgIpc) is 3.40. The fourth-order valence-electron chi connectivity index (χ4n) is 4.10. The molecule has 1 aromatic heterocycles. The van der Waals surface area contributed by atoms with Gasteiger partial charge in [0, 0.05) is 31.6 Å². The summed E-state index contributed by atoms with van der Waals surface area (Å²) < 4.78 is 12.8. The number of hydrogen-bond acceptors (Lipinski definition) is 10. The van der Waals surface area contributed by atoms with Crippen molar-refractivity contribution in [3.63, 3.8) is 0 Å². The predicted molar refractivity (Wildman–Crippen MR) is 137 cm³/mol. The minimum absolute atomic E-state index is 0.0107. The fourth-order valence-corrected chi connectivity index (χ4v) is 4.10. The summed E-state index contributed by atoms with van der Waals surface area (Å²) in [4.78, 5) is 61.3. The topological polar surface area (TPSA) is 167 Å². The van der Waals surface area contributed by atoms with Crippen molar-refractivity contribution >= 4 is 29.2 Å². The Morgan fingerprint density at radius 1 is 1.13 bits per heavy atom. The zero-order valence-electron chi connectivity index (χ0n) is 22.2. The van der Waals surface area contributed by atoms with Crippen LogP contribution in [0.3, 0.4) is 0 Å². The van der Waals surface area contributed by atoms with Gasteiger partial charge < -0.3 is 19.9 Å². The predicted octanol–water partition coefficient (Wildman–Crippen LogP) is 1.96. The van der Waals surface area contributed by atoms with Gasteiger partial charge in [-0.05, 0) is 56.6 Å². The van der Waals surface area contributed by atoms with Crippen molar-refractivity contribution in [1.82, 2.24) is 20.3 Å². The summed E-state index contributed by atoms with van der Waals surface area (Å²) in [5, 5.41) is 20.9. The number of benzene rings is 1. The third-order valence-electron chi connectivity index (χ3n) is 6.59. The molecule has 0 bridgehead atoms. The van der Waals surface area contributed by atoms with Gasteiger partial charge in [-0.3, -0.25) is 19.2 Å². The quantitative estimate of drug-likeness (QED) is 0.286. The van der Waals surface area contributed by atoms with Crippen LogP contribution in [0.4, 0.5) is 0 Å². The maximum Gasteiger partial charge on any atom is 0.342 e. The normalized spacial score (nSPS) is 19.1. The maximum atomic E-state index is 13.0. The number of esters is 1. The van der Waals surface area contributed by atoms with E-state index in [1.54, 1.807) is 26.1 Å². The van der Waals surface area contributed by atoms with E-state index < -0.39 is 29.4 Å². The van der Waals surface area contributed by atoms with Gasteiger partial charge in [0.15, 0.2) is 0 Å². The second kappa shape index (κ2) is 14.2. The molecule has 0 spiro atoms. The zero-order chi connectivity index (χ0) is 28.4. The molecule has 1 aromatic carbocycles. The lowest BCUT2D eigenvalue weighted by Gasteiger charge is -2.22. The number of nitrogens with zero attached hydrogens (tertiary/aromatic N) is 3. The van der Waals surface area contributed by atoms with Crippen molar-refractivity contribution in [2.45, 2.75) is 71.4 Å². The van der Waals surface area contributed by atoms with E-state index >= 15 is 0 Å². The Kier molecular flexibility index (Phi) is 10.7. The molecule has 2 heterocycles. The second-order valence-corrected chi connectivity index (χ2v) is 9.64. The number of aromatic nitrogens is 3. The highest BCUT2D eigenvalue weighted by molar-refractivity contribution is 6.63. The maximum absolute atomic E-state index is 13.0. The van der Waals surface area contributed by atoms with Gasteiger partial charge in [0.25, 0.3) is 5.78 Å². The van der Waals surface area contributed by atoms with Gasteiger partial charge in [0.2, 0.25) is 17.5 Å². The monoisotopic (exact) mass is 542 g/mol. The Hall–Kier alpha value is -4.09. The molecule has 0 saturated heterocycles. The van der Waals surface area contributed by atoms with Crippen LogP contribution in [0, 0.1) is 5.92 Å². The van der Waals surface area contributed by atoms with E-state index in [1.807, 2.05) is 0 Å². The molecule has 1 aliphatic heterocycles. The Morgan fingerprint density at radius 2 is 1.90 bits per heavy atom. The number of nitrogens with one attached hydrogen (secondary N) is 1. The van der Waals surface area contributed by atoms with Crippen molar-refractivity contribution in [2.75, 3.05) is 13.2 Å². The number of aromatic hydroxyl groups is 1. The standard InChI is InChI=1S/C27H34N4O8/c1-17-8-9-22(33)26(36)21(32)7-5-6-19-14-20(15-23(34)25(19)27(37)39-18(17)2)38-13-4-3-10-28-24(35)16-31-12-11-29-30-31/h11-12,14-15,17-18,34H,3-10,13,16H2,1-2H3,(H,28,35)/t17-,18+/m1/s1. The highest BCUT2D eigenvalue weighted by atomic mass is 16.5. The molecule has 0 aliphatic carbocycles. The summed E-state index contributed by atoms with van der Waals surface area (Å²) in [5.74, 6) is -3.61. The molecule has 0 unspecified atom stereocenters. The van der Waals surface area contributed by atoms with E-state index in [0.717, 1.165) is 0 Å². The van der Waals surface area contributed by atoms with Gasteiger partial charge >= 0.3 is 5.97 Å². The molecule has 2 N–H and O–H groups in total. The third-order valence-corrected chi connectivity index (χ3v) is 6.59. The van der Waals surface area contributed by atoms with Crippen LogP contribution in [-0.4, -0.2) is 68.6 Å². The SMILES string of the molecule is C[C@@H]1CCC(=O)C(=O)C(=O)CCCc2cc(OCCCCNC(=O)Cn3ccnn3)cc(O)c2C(=O)O[C@H]1C. The molecule has 39 heavy (non-hydrogen) atoms. The van der Waals surface area contributed by atoms with E-state index in [0.29, 0.717) is 37.3 Å². The second-order valence-electron chi connectivity index (χ2n) is 9.64. The minimum Gasteiger partial charge on any atom is -0.507 e. The van der Waals surface area contributed by atoms with Crippen molar-refractivity contribution in [2.24, 2.45) is 5.92 Å². The number of rotatable bonds is 8. The molecule has 2 aromatic rings. The summed E-state index contributed by atoms with van der Waals surface area (Å²) in [6, 6.07) is 2.94. The van der Waals surface area contributed by atoms with Gasteiger partial charge in [-0.15, -0.1) is 5.10 Å². The van der Waals surface area contributed by atoms with Crippen LogP contribution in [-0.2, 0) is 36.9 Å². The summed E-state index contributed by atoms with van der Waals surface area (Å²) in [6.07, 6.45) is 4.19. The van der Waals surface area contributed by atoms with E-state index in [4.69, 9.17) is 9.47 Å². The first-order valence-electron chi connectivity index (χ1n) is 13.1. The number of ether oxygens (including phenoxy) is 2. The summed E-state index contributed by atoms with van der Waals surface area (Å²) in [6.45, 7) is 4.29. The van der Waals surface area contributed by atoms with Gasteiger partial charge in [-0.2, -0.15) is 0 Å². The number of phenolic OH excluding ortho intramolecular Hbond substituents is 1. The largest absolute Gasteiger partial charge is 0.507 e. The number of aryl methyl sites for hydroxylation is 1. The number of unbranched alkanes of at least 4 members (excludes halogenated alkanes) is 1. The molecule has 210 valence electrons. The number of amides is 1. The number of Topliss-reactive ketones (excluding diaryl/α,β-unsaturated/α-hetero) is 3. The molecule has 12 heteroatoms. The number of phenols is 1. The zero-order valence-corrected chi connectivity index (χ0v) is 22.2. The van der Waals surface area contributed by atoms with Crippen molar-refractivity contribution < 1.29 is 38.6 Å². The van der Waals surface area contributed by atoms with Crippen LogP contribution in [0.1, 0.15) is 68.3 Å². The smallest absolute Gasteiger partial charge is 0.342 e. The number of cyclic esters (lactones) is 1. The fraction of sp³-hybridized carbons (Fsp3) is 0.519. The van der Waals surface area contributed by atoms with E-state index in [1.165, 1.54) is 16.9 Å². The Labute approximate surface area is 226 Å². The van der Waals surface area contributed by atoms with E-state index in [9.17, 15) is 29.1 Å². The molecule has 0 radical (unpaired) electrons. The lowest BCUT2D eigenvalue weighted by Crippen LogP contribution is -2.28. The Morgan fingerprint density at radius 3 is 2.64 bits per heavy atom. The number of hydrogen-bond donors (Lipinski definition) is 2. The van der Waals surface area contributed by atoms with Crippen LogP contribution >= 0.6 is 0 Å². The summed E-state index contributed by atoms with van der Waals surface area (Å²) in [7, 11) is 0. The molecular formula is C27H34N4O8. The van der Waals surface area contributed by atoms with Crippen molar-refractivity contribution in [1.29, 1.82) is 0 Å². The molecule has 12 nitrogen and oxygen atoms in total. The lowest BCUT2D eigenvalue weighted by atomic mass is 9.94. The van der Waals surface area contributed by atoms with Gasteiger partial charge in [0.05, 0.1) is 12.8 Å². The first-order valence-corrected chi connectivity index (χ1v) is 13.1. The van der Waals surface area contributed by atoms with Gasteiger partial charge in [-0.25, -0.2) is 9.48 Å². The number of ketones is 3. The summed E-state index contributed by atoms with van der Waals surface area (Å²) in [5.41, 5.74) is 0.405. The van der Waals surface area contributed by atoms with Crippen LogP contribution in [0.5, 0.6) is 11.5 Å². The first kappa shape index (κ1) is 29.5. The van der Waals surface area contributed by atoms with Crippen molar-refractivity contribution in [3.05, 3.63) is 35.7 Å². The van der Waals surface area contributed by atoms with Crippen LogP contribution in [0.15, 0.2) is 24.5 Å². The highest BCUT2D eigenvalue weighted by Gasteiger charge is 2.28. The van der Waals surface area contributed by atoms with Crippen LogP contribution in [0.25, 0.3) is 0 Å². The molecule has 2 atom stereocenters. The Bertz CT molecular complexity index is 1190. The molecule has 3 rings (SSSR count). The van der Waals surface area contributed by atoms with Gasteiger partial charge in [-0.1, -0.05) is 12.1 Å². The summed E-state index contributed by atoms with van der Waals surface area (Å²) >= 11 is 0. The molecule has 1 amide bonds. The van der Waals surface area contributed by atoms with E-state index in [-0.39, 0.29) is 61.8 Å². The molecular weight excluding hydrogens is 508 g/mol. The van der Waals surface area contributed by atoms with E-state index in [2.05, 4.69) is 15.6 Å². The number of fused-ring (bicyclic) bond motifs is 1. The lowest BCUT2D eigenvalue weighted by molar-refractivity contribution is -0.144. The molecule has 1 aliphatic rings. The number of carbonyl (C=O) groups excluding carboxylic acids is 5. The minimum atomic E-state index is -1.00. The average molecular weight is 543 g/mol. The van der Waals surface area contributed by atoms with Gasteiger partial charge in [0.1, 0.15) is 29.7 Å². The van der Waals surface area contributed by atoms with Crippen molar-refractivity contribution in [3.8, 4) is 11.5 Å². The number of carbonyl (C=O) groups is 5. The third kappa shape index (κ3) is 8.72. The highest BCUT2D eigenvalue weighted by Crippen LogP contribution is 2.31. The molecule has 0 fully saturated rings. The van der Waals surface area contributed by atoms with Crippen LogP contribution < -0.4 is 10.1 Å². The Balaban J connectivity index is 1.61. The molecule has 0 saturated carbocycles.